The number of fused-ring (bicyclic) bond motifs is 1. The Morgan fingerprint density at radius 1 is 1.58 bits per heavy atom. The summed E-state index contributed by atoms with van der Waals surface area (Å²) < 4.78 is 14.5. The van der Waals surface area contributed by atoms with E-state index in [0.717, 1.165) is 21.5 Å². The average molecular weight is 365 g/mol. The van der Waals surface area contributed by atoms with Crippen LogP contribution >= 0.6 is 27.5 Å². The van der Waals surface area contributed by atoms with Gasteiger partial charge in [-0.15, -0.1) is 11.6 Å². The van der Waals surface area contributed by atoms with Crippen molar-refractivity contribution in [1.82, 2.24) is 14.5 Å². The van der Waals surface area contributed by atoms with Crippen LogP contribution in [-0.4, -0.2) is 36.1 Å². The fourth-order valence-corrected chi connectivity index (χ4v) is 2.71. The van der Waals surface area contributed by atoms with Gasteiger partial charge in [0.05, 0.1) is 0 Å². The highest BCUT2D eigenvalue weighted by Crippen LogP contribution is 2.20. The van der Waals surface area contributed by atoms with E-state index in [9.17, 15) is 4.21 Å². The molecule has 0 aromatic carbocycles. The third-order valence-corrected chi connectivity index (χ3v) is 4.86. The molecule has 0 amide bonds. The Labute approximate surface area is 128 Å². The van der Waals surface area contributed by atoms with Crippen LogP contribution in [-0.2, 0) is 23.8 Å². The molecular weight excluding hydrogens is 350 g/mol. The minimum atomic E-state index is -0.873. The molecule has 0 saturated carbocycles. The Morgan fingerprint density at radius 2 is 2.32 bits per heavy atom. The maximum absolute atomic E-state index is 11.6. The van der Waals surface area contributed by atoms with Gasteiger partial charge in [-0.1, -0.05) is 0 Å². The number of hydrogen-bond acceptors (Lipinski definition) is 3. The second-order valence-electron chi connectivity index (χ2n) is 4.38. The van der Waals surface area contributed by atoms with Gasteiger partial charge in [0.25, 0.3) is 0 Å². The molecule has 0 aliphatic carbocycles. The zero-order valence-corrected chi connectivity index (χ0v) is 13.9. The molecule has 2 unspecified atom stereocenters. The summed E-state index contributed by atoms with van der Waals surface area (Å²) in [4.78, 5) is 8.97. The molecule has 19 heavy (non-hydrogen) atoms. The van der Waals surface area contributed by atoms with Crippen molar-refractivity contribution in [3.63, 3.8) is 0 Å². The predicted molar refractivity (Wildman–Crippen MR) is 83.2 cm³/mol. The van der Waals surface area contributed by atoms with Gasteiger partial charge >= 0.3 is 0 Å². The van der Waals surface area contributed by atoms with Gasteiger partial charge in [-0.25, -0.2) is 9.97 Å². The zero-order chi connectivity index (χ0) is 14.0. The molecule has 0 fully saturated rings. The van der Waals surface area contributed by atoms with E-state index in [1.165, 1.54) is 0 Å². The van der Waals surface area contributed by atoms with Crippen LogP contribution in [0.2, 0.25) is 0 Å². The summed E-state index contributed by atoms with van der Waals surface area (Å²) in [6.45, 7) is 2.60. The Hall–Kier alpha value is -0.460. The van der Waals surface area contributed by atoms with Crippen molar-refractivity contribution >= 4 is 49.5 Å². The molecule has 2 aromatic rings. The second kappa shape index (κ2) is 6.33. The van der Waals surface area contributed by atoms with E-state index >= 15 is 0 Å². The summed E-state index contributed by atoms with van der Waals surface area (Å²) in [5, 5.41) is 0.0527. The van der Waals surface area contributed by atoms with Crippen LogP contribution in [0, 0.1) is 0 Å². The number of nitrogens with zero attached hydrogens (tertiary/aromatic N) is 3. The SMILES string of the molecule is CC(Cn1c(CCCl)nc2cc(Br)cnc21)S(C)=O. The van der Waals surface area contributed by atoms with Crippen molar-refractivity contribution in [3.8, 4) is 0 Å². The third-order valence-electron chi connectivity index (χ3n) is 2.96. The van der Waals surface area contributed by atoms with Gasteiger partial charge < -0.3 is 4.57 Å². The quantitative estimate of drug-likeness (QED) is 0.767. The Kier molecular flexibility index (Phi) is 4.97. The number of imidazole rings is 1. The van der Waals surface area contributed by atoms with Crippen LogP contribution in [0.3, 0.4) is 0 Å². The van der Waals surface area contributed by atoms with Crippen molar-refractivity contribution in [2.24, 2.45) is 0 Å². The van der Waals surface area contributed by atoms with Gasteiger partial charge in [-0.05, 0) is 28.9 Å². The summed E-state index contributed by atoms with van der Waals surface area (Å²) >= 11 is 9.22. The summed E-state index contributed by atoms with van der Waals surface area (Å²) in [6.07, 6.45) is 4.15. The first-order valence-electron chi connectivity index (χ1n) is 5.91. The average Bonchev–Trinajstić information content (AvgIpc) is 2.67. The monoisotopic (exact) mass is 363 g/mol. The van der Waals surface area contributed by atoms with Gasteiger partial charge in [-0.3, -0.25) is 4.21 Å². The lowest BCUT2D eigenvalue weighted by atomic mass is 10.4. The van der Waals surface area contributed by atoms with Gasteiger partial charge in [0.15, 0.2) is 5.65 Å². The highest BCUT2D eigenvalue weighted by Gasteiger charge is 2.16. The summed E-state index contributed by atoms with van der Waals surface area (Å²) in [5.74, 6) is 1.40. The Morgan fingerprint density at radius 3 is 2.95 bits per heavy atom. The van der Waals surface area contributed by atoms with Crippen molar-refractivity contribution in [1.29, 1.82) is 0 Å². The normalized spacial score (nSPS) is 14.7. The maximum atomic E-state index is 11.6. The van der Waals surface area contributed by atoms with Crippen LogP contribution < -0.4 is 0 Å². The first kappa shape index (κ1) is 14.9. The molecule has 0 bridgehead atoms. The van der Waals surface area contributed by atoms with E-state index in [1.807, 2.05) is 17.6 Å². The Bertz CT molecular complexity index is 616. The molecule has 2 atom stereocenters. The molecule has 7 heteroatoms. The minimum Gasteiger partial charge on any atom is -0.311 e. The van der Waals surface area contributed by atoms with Gasteiger partial charge in [-0.2, -0.15) is 0 Å². The highest BCUT2D eigenvalue weighted by molar-refractivity contribution is 9.10. The van der Waals surface area contributed by atoms with Gasteiger partial charge in [0.2, 0.25) is 0 Å². The second-order valence-corrected chi connectivity index (χ2v) is 7.48. The number of alkyl halides is 1. The highest BCUT2D eigenvalue weighted by atomic mass is 79.9. The molecule has 2 aromatic heterocycles. The lowest BCUT2D eigenvalue weighted by Gasteiger charge is -2.12. The van der Waals surface area contributed by atoms with Crippen LogP contribution in [0.5, 0.6) is 0 Å². The number of halogens is 2. The zero-order valence-electron chi connectivity index (χ0n) is 10.8. The number of aromatic nitrogens is 3. The van der Waals surface area contributed by atoms with E-state index < -0.39 is 10.8 Å². The third kappa shape index (κ3) is 3.35. The van der Waals surface area contributed by atoms with E-state index in [2.05, 4.69) is 25.9 Å². The molecule has 0 aliphatic heterocycles. The number of hydrogen-bond donors (Lipinski definition) is 0. The molecule has 4 nitrogen and oxygen atoms in total. The fourth-order valence-electron chi connectivity index (χ4n) is 1.86. The molecule has 104 valence electrons. The lowest BCUT2D eigenvalue weighted by molar-refractivity contribution is 0.633. The number of rotatable bonds is 5. The molecule has 0 N–H and O–H groups in total. The maximum Gasteiger partial charge on any atom is 0.160 e. The first-order valence-corrected chi connectivity index (χ1v) is 8.86. The summed E-state index contributed by atoms with van der Waals surface area (Å²) in [7, 11) is -0.873. The summed E-state index contributed by atoms with van der Waals surface area (Å²) in [5.41, 5.74) is 1.66. The van der Waals surface area contributed by atoms with E-state index in [4.69, 9.17) is 11.6 Å². The lowest BCUT2D eigenvalue weighted by Crippen LogP contribution is -2.19. The largest absolute Gasteiger partial charge is 0.311 e. The van der Waals surface area contributed by atoms with Crippen molar-refractivity contribution < 1.29 is 4.21 Å². The van der Waals surface area contributed by atoms with Crippen LogP contribution in [0.4, 0.5) is 0 Å². The number of pyridine rings is 1. The molecule has 0 radical (unpaired) electrons. The smallest absolute Gasteiger partial charge is 0.160 e. The minimum absolute atomic E-state index is 0.0527. The van der Waals surface area contributed by atoms with E-state index in [0.29, 0.717) is 18.8 Å². The van der Waals surface area contributed by atoms with Crippen molar-refractivity contribution in [3.05, 3.63) is 22.6 Å². The predicted octanol–water partition coefficient (Wildman–Crippen LogP) is 2.74. The van der Waals surface area contributed by atoms with Crippen LogP contribution in [0.15, 0.2) is 16.7 Å². The van der Waals surface area contributed by atoms with Crippen molar-refractivity contribution in [2.45, 2.75) is 25.1 Å². The number of aryl methyl sites for hydroxylation is 1. The standard InChI is InChI=1S/C12H15BrClN3OS/c1-8(19(2)18)7-17-11(3-4-14)16-10-5-9(13)6-15-12(10)17/h5-6,8H,3-4,7H2,1-2H3. The fraction of sp³-hybridized carbons (Fsp3) is 0.500. The van der Waals surface area contributed by atoms with Crippen molar-refractivity contribution in [2.75, 3.05) is 12.1 Å². The topological polar surface area (TPSA) is 47.8 Å². The van der Waals surface area contributed by atoms with Crippen LogP contribution in [0.25, 0.3) is 11.2 Å². The van der Waals surface area contributed by atoms with Gasteiger partial charge in [0.1, 0.15) is 11.3 Å². The van der Waals surface area contributed by atoms with E-state index in [1.54, 1.807) is 12.5 Å². The van der Waals surface area contributed by atoms with E-state index in [-0.39, 0.29) is 5.25 Å². The summed E-state index contributed by atoms with van der Waals surface area (Å²) in [6, 6.07) is 1.93. The molecule has 0 saturated heterocycles. The first-order chi connectivity index (χ1) is 9.02. The molecule has 0 aliphatic rings. The van der Waals surface area contributed by atoms with Gasteiger partial charge in [0, 0.05) is 51.8 Å². The van der Waals surface area contributed by atoms with Crippen LogP contribution in [0.1, 0.15) is 12.7 Å². The molecule has 2 rings (SSSR count). The molecule has 0 spiro atoms. The molecule has 2 heterocycles. The Balaban J connectivity index is 2.48. The molecular formula is C12H15BrClN3OS.